The average Bonchev–Trinajstić information content (AvgIpc) is 3.21. The lowest BCUT2D eigenvalue weighted by atomic mass is 9.78. The van der Waals surface area contributed by atoms with Gasteiger partial charge < -0.3 is 25.4 Å². The Bertz CT molecular complexity index is 1130. The van der Waals surface area contributed by atoms with E-state index in [4.69, 9.17) is 9.84 Å². The first-order valence-corrected chi connectivity index (χ1v) is 13.1. The third-order valence-electron chi connectivity index (χ3n) is 7.56. The molecular formula is C29H37N3O5. The second-order valence-electron chi connectivity index (χ2n) is 10.3. The highest BCUT2D eigenvalue weighted by atomic mass is 16.5. The number of carboxylic acid groups (broad SMARTS) is 1. The van der Waals surface area contributed by atoms with Crippen molar-refractivity contribution in [2.24, 2.45) is 5.92 Å². The van der Waals surface area contributed by atoms with E-state index in [0.717, 1.165) is 35.5 Å². The van der Waals surface area contributed by atoms with Crippen LogP contribution in [0.5, 0.6) is 5.75 Å². The topological polar surface area (TPSA) is 108 Å². The molecule has 0 spiro atoms. The summed E-state index contributed by atoms with van der Waals surface area (Å²) in [6, 6.07) is 13.3. The first kappa shape index (κ1) is 26.5. The number of carboxylic acids is 1. The van der Waals surface area contributed by atoms with E-state index in [1.165, 1.54) is 31.1 Å². The lowest BCUT2D eigenvalue weighted by Gasteiger charge is -2.36. The summed E-state index contributed by atoms with van der Waals surface area (Å²) in [5, 5.41) is 15.5. The van der Waals surface area contributed by atoms with Gasteiger partial charge in [-0.05, 0) is 61.2 Å². The predicted octanol–water partition coefficient (Wildman–Crippen LogP) is 5.12. The van der Waals surface area contributed by atoms with Crippen molar-refractivity contribution >= 4 is 29.2 Å². The first-order valence-electron chi connectivity index (χ1n) is 13.1. The molecule has 3 atom stereocenters. The molecule has 0 radical (unpaired) electrons. The zero-order valence-electron chi connectivity index (χ0n) is 21.8. The van der Waals surface area contributed by atoms with E-state index in [2.05, 4.69) is 17.6 Å². The molecule has 198 valence electrons. The Morgan fingerprint density at radius 1 is 1.05 bits per heavy atom. The molecule has 2 aromatic carbocycles. The summed E-state index contributed by atoms with van der Waals surface area (Å²) in [5.41, 5.74) is 3.32. The van der Waals surface area contributed by atoms with E-state index in [9.17, 15) is 14.4 Å². The van der Waals surface area contributed by atoms with Gasteiger partial charge in [0.1, 0.15) is 11.9 Å². The maximum atomic E-state index is 12.7. The molecule has 2 aliphatic rings. The minimum absolute atomic E-state index is 0.0610. The maximum Gasteiger partial charge on any atom is 0.305 e. The minimum Gasteiger partial charge on any atom is -0.487 e. The quantitative estimate of drug-likeness (QED) is 0.435. The van der Waals surface area contributed by atoms with Crippen molar-refractivity contribution in [2.45, 2.75) is 70.4 Å². The fourth-order valence-electron chi connectivity index (χ4n) is 5.55. The van der Waals surface area contributed by atoms with E-state index in [-0.39, 0.29) is 42.8 Å². The molecular weight excluding hydrogens is 470 g/mol. The van der Waals surface area contributed by atoms with Crippen LogP contribution in [0.4, 0.5) is 11.4 Å². The van der Waals surface area contributed by atoms with Crippen LogP contribution in [-0.2, 0) is 9.59 Å². The molecule has 3 unspecified atom stereocenters. The number of benzene rings is 2. The summed E-state index contributed by atoms with van der Waals surface area (Å²) in [4.78, 5) is 36.5. The van der Waals surface area contributed by atoms with Gasteiger partial charge in [0.15, 0.2) is 0 Å². The van der Waals surface area contributed by atoms with Crippen LogP contribution in [-0.4, -0.2) is 53.5 Å². The van der Waals surface area contributed by atoms with Crippen molar-refractivity contribution in [1.82, 2.24) is 4.90 Å². The molecule has 1 fully saturated rings. The monoisotopic (exact) mass is 507 g/mol. The Kier molecular flexibility index (Phi) is 8.36. The summed E-state index contributed by atoms with van der Waals surface area (Å²) in [5.74, 6) is 0.250. The van der Waals surface area contributed by atoms with Gasteiger partial charge in [0.25, 0.3) is 5.91 Å². The van der Waals surface area contributed by atoms with Crippen molar-refractivity contribution in [1.29, 1.82) is 0 Å². The number of nitrogens with one attached hydrogen (secondary N) is 2. The van der Waals surface area contributed by atoms with Gasteiger partial charge in [0, 0.05) is 48.9 Å². The summed E-state index contributed by atoms with van der Waals surface area (Å²) in [6.45, 7) is 3.85. The molecule has 0 bridgehead atoms. The number of ether oxygens (including phenoxy) is 1. The zero-order valence-corrected chi connectivity index (χ0v) is 21.8. The molecule has 2 amide bonds. The summed E-state index contributed by atoms with van der Waals surface area (Å²) in [6.07, 6.45) is 5.81. The molecule has 37 heavy (non-hydrogen) atoms. The van der Waals surface area contributed by atoms with Crippen LogP contribution in [0.25, 0.3) is 0 Å². The number of nitrogens with zero attached hydrogens (tertiary/aromatic N) is 1. The van der Waals surface area contributed by atoms with Gasteiger partial charge in [-0.3, -0.25) is 14.4 Å². The van der Waals surface area contributed by atoms with E-state index in [1.807, 2.05) is 30.3 Å². The van der Waals surface area contributed by atoms with Crippen LogP contribution in [0.1, 0.15) is 74.2 Å². The van der Waals surface area contributed by atoms with Crippen molar-refractivity contribution in [2.75, 3.05) is 24.2 Å². The van der Waals surface area contributed by atoms with E-state index >= 15 is 0 Å². The number of amides is 2. The lowest BCUT2D eigenvalue weighted by Crippen LogP contribution is -2.44. The molecule has 8 nitrogen and oxygen atoms in total. The highest BCUT2D eigenvalue weighted by Gasteiger charge is 2.41. The molecule has 1 heterocycles. The van der Waals surface area contributed by atoms with Crippen LogP contribution >= 0.6 is 0 Å². The van der Waals surface area contributed by atoms with Crippen LogP contribution < -0.4 is 15.4 Å². The molecule has 2 aromatic rings. The summed E-state index contributed by atoms with van der Waals surface area (Å²) >= 11 is 0. The number of fused-ring (bicyclic) bond motifs is 1. The van der Waals surface area contributed by atoms with Gasteiger partial charge in [-0.15, -0.1) is 0 Å². The number of anilines is 2. The molecule has 0 aromatic heterocycles. The third-order valence-corrected chi connectivity index (χ3v) is 7.56. The van der Waals surface area contributed by atoms with Crippen LogP contribution in [0.3, 0.4) is 0 Å². The SMILES string of the molecule is CC(=O)Nc1ccc2c(c1)C(C)C(C(Nc1ccc(C(=O)N(C)CCC(=O)O)cc1)C1CCCCC1)O2. The van der Waals surface area contributed by atoms with Crippen LogP contribution in [0.2, 0.25) is 0 Å². The molecule has 3 N–H and O–H groups in total. The Morgan fingerprint density at radius 2 is 1.73 bits per heavy atom. The lowest BCUT2D eigenvalue weighted by molar-refractivity contribution is -0.137. The van der Waals surface area contributed by atoms with Crippen molar-refractivity contribution < 1.29 is 24.2 Å². The highest BCUT2D eigenvalue weighted by Crippen LogP contribution is 2.44. The largest absolute Gasteiger partial charge is 0.487 e. The van der Waals surface area contributed by atoms with Crippen molar-refractivity contribution in [3.8, 4) is 5.75 Å². The second-order valence-corrected chi connectivity index (χ2v) is 10.3. The number of aliphatic carboxylic acids is 1. The fraction of sp³-hybridized carbons (Fsp3) is 0.483. The van der Waals surface area contributed by atoms with Gasteiger partial charge in [-0.25, -0.2) is 0 Å². The maximum absolute atomic E-state index is 12.7. The van der Waals surface area contributed by atoms with Crippen LogP contribution in [0, 0.1) is 5.92 Å². The smallest absolute Gasteiger partial charge is 0.305 e. The normalized spacial score (nSPS) is 19.9. The Labute approximate surface area is 218 Å². The number of rotatable bonds is 9. The number of hydrogen-bond acceptors (Lipinski definition) is 5. The van der Waals surface area contributed by atoms with Gasteiger partial charge >= 0.3 is 5.97 Å². The fourth-order valence-corrected chi connectivity index (χ4v) is 5.55. The molecule has 8 heteroatoms. The highest BCUT2D eigenvalue weighted by molar-refractivity contribution is 5.94. The predicted molar refractivity (Wildman–Crippen MR) is 143 cm³/mol. The second kappa shape index (κ2) is 11.7. The van der Waals surface area contributed by atoms with E-state index in [1.54, 1.807) is 19.2 Å². The Morgan fingerprint density at radius 3 is 2.38 bits per heavy atom. The number of carbonyl (C=O) groups is 3. The number of hydrogen-bond donors (Lipinski definition) is 3. The van der Waals surface area contributed by atoms with Gasteiger partial charge in [-0.1, -0.05) is 26.2 Å². The van der Waals surface area contributed by atoms with Crippen molar-refractivity contribution in [3.05, 3.63) is 53.6 Å². The molecule has 4 rings (SSSR count). The first-order chi connectivity index (χ1) is 17.7. The van der Waals surface area contributed by atoms with Crippen LogP contribution in [0.15, 0.2) is 42.5 Å². The van der Waals surface area contributed by atoms with E-state index in [0.29, 0.717) is 11.5 Å². The summed E-state index contributed by atoms with van der Waals surface area (Å²) in [7, 11) is 1.62. The summed E-state index contributed by atoms with van der Waals surface area (Å²) < 4.78 is 6.52. The van der Waals surface area contributed by atoms with Crippen molar-refractivity contribution in [3.63, 3.8) is 0 Å². The molecule has 1 aliphatic carbocycles. The third kappa shape index (κ3) is 6.42. The Balaban J connectivity index is 1.51. The molecule has 0 saturated heterocycles. The minimum atomic E-state index is -0.926. The van der Waals surface area contributed by atoms with Gasteiger partial charge in [0.05, 0.1) is 12.5 Å². The zero-order chi connectivity index (χ0) is 26.5. The van der Waals surface area contributed by atoms with Gasteiger partial charge in [0.2, 0.25) is 5.91 Å². The van der Waals surface area contributed by atoms with E-state index < -0.39 is 5.97 Å². The standard InChI is InChI=1S/C29H37N3O5/c1-18-24-17-23(30-19(2)33)13-14-25(24)37-28(18)27(20-7-5-4-6-8-20)31-22-11-9-21(10-12-22)29(36)32(3)16-15-26(34)35/h9-14,17-18,20,27-28,31H,4-8,15-16H2,1-3H3,(H,30,33)(H,34,35). The van der Waals surface area contributed by atoms with Gasteiger partial charge in [-0.2, -0.15) is 0 Å². The molecule has 1 aliphatic heterocycles. The Hall–Kier alpha value is -3.55. The number of carbonyl (C=O) groups excluding carboxylic acids is 2. The average molecular weight is 508 g/mol. The molecule has 1 saturated carbocycles.